The molecule has 1 aliphatic carbocycles. The largest absolute Gasteiger partial charge is 0.481 e. The van der Waals surface area contributed by atoms with Crippen LogP contribution in [0.25, 0.3) is 11.1 Å². The molecule has 2 fully saturated rings. The Morgan fingerprint density at radius 2 is 1.65 bits per heavy atom. The highest BCUT2D eigenvalue weighted by atomic mass is 19.1. The summed E-state index contributed by atoms with van der Waals surface area (Å²) in [7, 11) is 0. The van der Waals surface area contributed by atoms with Gasteiger partial charge in [-0.15, -0.1) is 0 Å². The molecule has 2 bridgehead atoms. The van der Waals surface area contributed by atoms with E-state index in [1.54, 1.807) is 12.3 Å². The normalized spacial score (nSPS) is 20.9. The van der Waals surface area contributed by atoms with E-state index in [2.05, 4.69) is 36.2 Å². The monoisotopic (exact) mass is 659 g/mol. The number of halogens is 2. The van der Waals surface area contributed by atoms with Gasteiger partial charge in [0, 0.05) is 18.3 Å². The van der Waals surface area contributed by atoms with Crippen molar-refractivity contribution in [1.29, 1.82) is 0 Å². The molecule has 1 saturated carbocycles. The third-order valence-corrected chi connectivity index (χ3v) is 10.4. The van der Waals surface area contributed by atoms with Gasteiger partial charge in [-0.2, -0.15) is 0 Å². The van der Waals surface area contributed by atoms with Crippen LogP contribution in [0.4, 0.5) is 8.78 Å². The molecule has 2 atom stereocenters. The number of aryl methyl sites for hydroxylation is 3. The number of carbonyl (C=O) groups is 2. The van der Waals surface area contributed by atoms with E-state index in [9.17, 15) is 19.5 Å². The van der Waals surface area contributed by atoms with Crippen molar-refractivity contribution in [2.75, 3.05) is 19.6 Å². The van der Waals surface area contributed by atoms with Crippen molar-refractivity contribution in [2.24, 2.45) is 0 Å². The van der Waals surface area contributed by atoms with Crippen molar-refractivity contribution in [3.8, 4) is 11.1 Å². The molecule has 3 aliphatic rings. The van der Waals surface area contributed by atoms with Crippen LogP contribution in [0, 0.1) is 25.5 Å². The zero-order valence-electron chi connectivity index (χ0n) is 28.1. The number of hydrogen-bond acceptors (Lipinski definition) is 4. The van der Waals surface area contributed by atoms with Crippen molar-refractivity contribution >= 4 is 11.9 Å². The molecule has 1 aromatic heterocycles. The summed E-state index contributed by atoms with van der Waals surface area (Å²) in [4.78, 5) is 41.9. The summed E-state index contributed by atoms with van der Waals surface area (Å²) in [5.74, 6) is -3.17. The van der Waals surface area contributed by atoms with Gasteiger partial charge >= 0.3 is 5.97 Å². The molecule has 9 heteroatoms. The fourth-order valence-corrected chi connectivity index (χ4v) is 7.57. The van der Waals surface area contributed by atoms with E-state index in [-0.39, 0.29) is 17.9 Å². The Hall–Kier alpha value is -3.85. The molecule has 0 radical (unpaired) electrons. The number of carboxylic acid groups (broad SMARTS) is 1. The van der Waals surface area contributed by atoms with Gasteiger partial charge in [0.15, 0.2) is 5.82 Å². The first-order valence-electron chi connectivity index (χ1n) is 17.7. The third kappa shape index (κ3) is 7.72. The van der Waals surface area contributed by atoms with Crippen molar-refractivity contribution in [3.63, 3.8) is 0 Å². The number of carbonyl (C=O) groups excluding carboxylic acids is 1. The number of benzene rings is 2. The number of amides is 1. The van der Waals surface area contributed by atoms with Crippen molar-refractivity contribution < 1.29 is 23.5 Å². The van der Waals surface area contributed by atoms with Crippen LogP contribution < -0.4 is 10.9 Å². The van der Waals surface area contributed by atoms with E-state index >= 15 is 8.78 Å². The first-order chi connectivity index (χ1) is 23.1. The molecule has 2 aromatic carbocycles. The summed E-state index contributed by atoms with van der Waals surface area (Å²) in [5, 5.41) is 12.8. The van der Waals surface area contributed by atoms with Gasteiger partial charge in [0.2, 0.25) is 5.91 Å². The number of nitrogens with one attached hydrogen (secondary N) is 1. The molecule has 48 heavy (non-hydrogen) atoms. The summed E-state index contributed by atoms with van der Waals surface area (Å²) in [6.45, 7) is 6.84. The minimum atomic E-state index is -1.19. The minimum absolute atomic E-state index is 0.0398. The Bertz CT molecular complexity index is 1740. The highest BCUT2D eigenvalue weighted by Gasteiger charge is 2.33. The van der Waals surface area contributed by atoms with Crippen LogP contribution in [0.1, 0.15) is 116 Å². The SMILES string of the molecule is Cc1cc(C)c2c(c1)CCCCCCC[C@H](n1cc(CCN3CCC3)cc(F)c1=O)C(=O)N[C@@H](CC(=O)O)c1cc-2cc(C2CC2)c1F. The third-order valence-electron chi connectivity index (χ3n) is 10.4. The van der Waals surface area contributed by atoms with Crippen molar-refractivity contribution in [2.45, 2.75) is 109 Å². The first-order valence-corrected chi connectivity index (χ1v) is 17.7. The van der Waals surface area contributed by atoms with E-state index in [4.69, 9.17) is 0 Å². The average molecular weight is 660 g/mol. The molecule has 3 heterocycles. The molecule has 6 rings (SSSR count). The number of hydrogen-bond donors (Lipinski definition) is 2. The smallest absolute Gasteiger partial charge is 0.305 e. The fourth-order valence-electron chi connectivity index (χ4n) is 7.57. The standard InChI is InChI=1S/C39H47F2N3O4/c1-24-17-25(2)36-28(18-24)9-6-4-3-5-7-10-34(44-23-26(19-32(40)39(44)48)13-16-43-14-8-15-43)38(47)42-33(22-35(45)46)31-21-29(36)20-30(37(31)41)27-11-12-27/h17-21,23,27,33-34H,3-16,22H2,1-2H3,(H,42,47)(H,45,46)/t33-,34-/m0/s1. The number of aromatic nitrogens is 1. The van der Waals surface area contributed by atoms with Gasteiger partial charge in [0.1, 0.15) is 11.9 Å². The Morgan fingerprint density at radius 1 is 0.917 bits per heavy atom. The van der Waals surface area contributed by atoms with E-state index in [1.165, 1.54) is 16.2 Å². The summed E-state index contributed by atoms with van der Waals surface area (Å²) in [6.07, 6.45) is 9.89. The molecule has 0 unspecified atom stereocenters. The maximum Gasteiger partial charge on any atom is 0.305 e. The van der Waals surface area contributed by atoms with Crippen LogP contribution in [-0.2, 0) is 22.4 Å². The zero-order chi connectivity index (χ0) is 33.9. The molecular formula is C39H47F2N3O4. The number of pyridine rings is 1. The van der Waals surface area contributed by atoms with Gasteiger partial charge < -0.3 is 19.9 Å². The Morgan fingerprint density at radius 3 is 2.35 bits per heavy atom. The Balaban J connectivity index is 1.43. The van der Waals surface area contributed by atoms with Gasteiger partial charge in [-0.1, -0.05) is 43.4 Å². The Kier molecular flexibility index (Phi) is 10.4. The number of fused-ring (bicyclic) bond motifs is 4. The second-order valence-corrected chi connectivity index (χ2v) is 14.2. The second kappa shape index (κ2) is 14.7. The van der Waals surface area contributed by atoms with E-state index in [0.29, 0.717) is 24.0 Å². The van der Waals surface area contributed by atoms with Crippen LogP contribution in [0.3, 0.4) is 0 Å². The fraction of sp³-hybridized carbons (Fsp3) is 0.513. The number of likely N-dealkylation sites (tertiary alicyclic amines) is 1. The highest BCUT2D eigenvalue weighted by Crippen LogP contribution is 2.45. The lowest BCUT2D eigenvalue weighted by atomic mass is 9.86. The summed E-state index contributed by atoms with van der Waals surface area (Å²) < 4.78 is 32.8. The molecule has 2 aliphatic heterocycles. The molecule has 7 nitrogen and oxygen atoms in total. The molecule has 1 saturated heterocycles. The lowest BCUT2D eigenvalue weighted by Crippen LogP contribution is -2.41. The van der Waals surface area contributed by atoms with Crippen LogP contribution in [0.2, 0.25) is 0 Å². The maximum atomic E-state index is 16.5. The Labute approximate surface area is 281 Å². The maximum absolute atomic E-state index is 16.5. The summed E-state index contributed by atoms with van der Waals surface area (Å²) >= 11 is 0. The van der Waals surface area contributed by atoms with Crippen molar-refractivity contribution in [1.82, 2.24) is 14.8 Å². The lowest BCUT2D eigenvalue weighted by molar-refractivity contribution is -0.138. The van der Waals surface area contributed by atoms with Gasteiger partial charge in [-0.25, -0.2) is 8.78 Å². The lowest BCUT2D eigenvalue weighted by Gasteiger charge is -2.30. The first kappa shape index (κ1) is 34.0. The van der Waals surface area contributed by atoms with Gasteiger partial charge in [0.05, 0.1) is 12.5 Å². The van der Waals surface area contributed by atoms with Crippen LogP contribution in [-0.4, -0.2) is 46.1 Å². The molecular weight excluding hydrogens is 612 g/mol. The van der Waals surface area contributed by atoms with Crippen LogP contribution in [0.5, 0.6) is 0 Å². The van der Waals surface area contributed by atoms with E-state index in [0.717, 1.165) is 93.3 Å². The summed E-state index contributed by atoms with van der Waals surface area (Å²) in [6, 6.07) is 6.93. The van der Waals surface area contributed by atoms with Crippen molar-refractivity contribution in [3.05, 3.63) is 91.9 Å². The van der Waals surface area contributed by atoms with E-state index in [1.807, 2.05) is 6.07 Å². The number of rotatable bonds is 7. The predicted molar refractivity (Wildman–Crippen MR) is 182 cm³/mol. The molecule has 3 aromatic rings. The van der Waals surface area contributed by atoms with Gasteiger partial charge in [-0.3, -0.25) is 14.4 Å². The van der Waals surface area contributed by atoms with Gasteiger partial charge in [-0.05, 0) is 129 Å². The summed E-state index contributed by atoms with van der Waals surface area (Å²) in [5.41, 5.74) is 5.68. The number of carboxylic acids is 1. The molecule has 256 valence electrons. The molecule has 0 spiro atoms. The topological polar surface area (TPSA) is 91.6 Å². The van der Waals surface area contributed by atoms with Crippen LogP contribution >= 0.6 is 0 Å². The van der Waals surface area contributed by atoms with Crippen LogP contribution in [0.15, 0.2) is 41.3 Å². The minimum Gasteiger partial charge on any atom is -0.481 e. The highest BCUT2D eigenvalue weighted by molar-refractivity contribution is 5.82. The molecule has 2 N–H and O–H groups in total. The number of nitrogens with zero attached hydrogens (tertiary/aromatic N) is 2. The quantitative estimate of drug-likeness (QED) is 0.278. The number of aliphatic carboxylic acids is 1. The molecule has 1 amide bonds. The van der Waals surface area contributed by atoms with Gasteiger partial charge in [0.25, 0.3) is 5.56 Å². The van der Waals surface area contributed by atoms with E-state index < -0.39 is 47.6 Å². The zero-order valence-corrected chi connectivity index (χ0v) is 28.1. The average Bonchev–Trinajstić information content (AvgIpc) is 3.84. The second-order valence-electron chi connectivity index (χ2n) is 14.2. The predicted octanol–water partition coefficient (Wildman–Crippen LogP) is 7.31.